The summed E-state index contributed by atoms with van der Waals surface area (Å²) in [6.07, 6.45) is 2.85. The molecule has 3 unspecified atom stereocenters. The third kappa shape index (κ3) is 2.73. The van der Waals surface area contributed by atoms with Crippen LogP contribution in [0.1, 0.15) is 40.0 Å². The van der Waals surface area contributed by atoms with Crippen LogP contribution in [-0.2, 0) is 4.74 Å². The van der Waals surface area contributed by atoms with E-state index in [-0.39, 0.29) is 12.7 Å². The first-order valence-electron chi connectivity index (χ1n) is 6.51. The van der Waals surface area contributed by atoms with Crippen molar-refractivity contribution in [2.24, 2.45) is 11.8 Å². The van der Waals surface area contributed by atoms with Crippen LogP contribution >= 0.6 is 0 Å². The molecular formula is C13H23NO3. The summed E-state index contributed by atoms with van der Waals surface area (Å²) in [7, 11) is 0. The van der Waals surface area contributed by atoms with Crippen molar-refractivity contribution in [3.05, 3.63) is 0 Å². The molecule has 0 radical (unpaired) electrons. The predicted octanol–water partition coefficient (Wildman–Crippen LogP) is 2.01. The van der Waals surface area contributed by atoms with Gasteiger partial charge in [0.05, 0.1) is 0 Å². The lowest BCUT2D eigenvalue weighted by atomic mass is 10.0. The molecule has 2 fully saturated rings. The lowest BCUT2D eigenvalue weighted by molar-refractivity contribution is 0.0212. The summed E-state index contributed by atoms with van der Waals surface area (Å²) < 4.78 is 5.42. The van der Waals surface area contributed by atoms with Gasteiger partial charge in [0.1, 0.15) is 5.60 Å². The minimum absolute atomic E-state index is 0.191. The van der Waals surface area contributed by atoms with E-state index in [0.717, 1.165) is 25.8 Å². The Kier molecular flexibility index (Phi) is 3.34. The highest BCUT2D eigenvalue weighted by Gasteiger charge is 2.44. The Balaban J connectivity index is 1.97. The van der Waals surface area contributed by atoms with Gasteiger partial charge in [-0.3, -0.25) is 0 Å². The van der Waals surface area contributed by atoms with Gasteiger partial charge in [-0.25, -0.2) is 4.79 Å². The van der Waals surface area contributed by atoms with Gasteiger partial charge in [-0.05, 0) is 51.9 Å². The van der Waals surface area contributed by atoms with E-state index in [9.17, 15) is 9.90 Å². The maximum absolute atomic E-state index is 12.0. The molecule has 4 heteroatoms. The van der Waals surface area contributed by atoms with Gasteiger partial charge < -0.3 is 14.7 Å². The molecule has 0 bridgehead atoms. The molecule has 1 saturated carbocycles. The summed E-state index contributed by atoms with van der Waals surface area (Å²) in [6, 6.07) is 0.294. The zero-order valence-electron chi connectivity index (χ0n) is 11.0. The number of fused-ring (bicyclic) bond motifs is 1. The van der Waals surface area contributed by atoms with Gasteiger partial charge >= 0.3 is 6.09 Å². The molecule has 3 atom stereocenters. The van der Waals surface area contributed by atoms with Crippen LogP contribution in [0.5, 0.6) is 0 Å². The van der Waals surface area contributed by atoms with Crippen LogP contribution in [0.4, 0.5) is 4.79 Å². The van der Waals surface area contributed by atoms with Gasteiger partial charge in [0.2, 0.25) is 0 Å². The predicted molar refractivity (Wildman–Crippen MR) is 64.6 cm³/mol. The molecule has 2 rings (SSSR count). The van der Waals surface area contributed by atoms with Crippen molar-refractivity contribution in [2.45, 2.75) is 51.7 Å². The van der Waals surface area contributed by atoms with E-state index in [0.29, 0.717) is 17.9 Å². The third-order valence-corrected chi connectivity index (χ3v) is 3.78. The monoisotopic (exact) mass is 241 g/mol. The first kappa shape index (κ1) is 12.7. The molecule has 1 saturated heterocycles. The molecule has 0 spiro atoms. The van der Waals surface area contributed by atoms with Gasteiger partial charge in [-0.15, -0.1) is 0 Å². The van der Waals surface area contributed by atoms with Crippen LogP contribution in [0.2, 0.25) is 0 Å². The summed E-state index contributed by atoms with van der Waals surface area (Å²) in [5, 5.41) is 9.20. The van der Waals surface area contributed by atoms with Gasteiger partial charge in [0, 0.05) is 19.2 Å². The zero-order valence-corrected chi connectivity index (χ0v) is 11.0. The Morgan fingerprint density at radius 3 is 2.71 bits per heavy atom. The standard InChI is InChI=1S/C13H23NO3/c1-13(2,3)17-12(16)14-5-4-10-6-9(8-15)7-11(10)14/h9-11,15H,4-8H2,1-3H3. The summed E-state index contributed by atoms with van der Waals surface area (Å²) >= 11 is 0. The maximum Gasteiger partial charge on any atom is 0.410 e. The average Bonchev–Trinajstić information content (AvgIpc) is 2.71. The second-order valence-corrected chi connectivity index (χ2v) is 6.31. The van der Waals surface area contributed by atoms with Crippen LogP contribution in [0.3, 0.4) is 0 Å². The Morgan fingerprint density at radius 2 is 2.12 bits per heavy atom. The van der Waals surface area contributed by atoms with Gasteiger partial charge in [0.25, 0.3) is 0 Å². The fourth-order valence-electron chi connectivity index (χ4n) is 3.07. The minimum atomic E-state index is -0.426. The van der Waals surface area contributed by atoms with E-state index in [1.54, 1.807) is 0 Å². The largest absolute Gasteiger partial charge is 0.444 e. The molecule has 4 nitrogen and oxygen atoms in total. The molecule has 1 N–H and O–H groups in total. The number of carbonyl (C=O) groups is 1. The molecule has 0 aromatic heterocycles. The Morgan fingerprint density at radius 1 is 1.41 bits per heavy atom. The molecule has 0 aromatic rings. The van der Waals surface area contributed by atoms with Gasteiger partial charge in [-0.1, -0.05) is 0 Å². The van der Waals surface area contributed by atoms with Crippen LogP contribution in [0, 0.1) is 11.8 Å². The Hall–Kier alpha value is -0.770. The normalized spacial score (nSPS) is 32.7. The van der Waals surface area contributed by atoms with Gasteiger partial charge in [0.15, 0.2) is 0 Å². The quantitative estimate of drug-likeness (QED) is 0.764. The van der Waals surface area contributed by atoms with E-state index in [1.807, 2.05) is 25.7 Å². The number of amides is 1. The lowest BCUT2D eigenvalue weighted by Gasteiger charge is -2.28. The minimum Gasteiger partial charge on any atom is -0.444 e. The Labute approximate surface area is 103 Å². The van der Waals surface area contributed by atoms with Crippen molar-refractivity contribution in [1.29, 1.82) is 0 Å². The highest BCUT2D eigenvalue weighted by Crippen LogP contribution is 2.41. The molecular weight excluding hydrogens is 218 g/mol. The van der Waals surface area contributed by atoms with E-state index in [1.165, 1.54) is 0 Å². The second-order valence-electron chi connectivity index (χ2n) is 6.31. The van der Waals surface area contributed by atoms with Crippen LogP contribution in [-0.4, -0.2) is 40.9 Å². The van der Waals surface area contributed by atoms with Crippen molar-refractivity contribution in [3.8, 4) is 0 Å². The molecule has 98 valence electrons. The van der Waals surface area contributed by atoms with Crippen molar-refractivity contribution in [1.82, 2.24) is 4.90 Å². The van der Waals surface area contributed by atoms with Gasteiger partial charge in [-0.2, -0.15) is 0 Å². The van der Waals surface area contributed by atoms with E-state index < -0.39 is 5.60 Å². The number of aliphatic hydroxyl groups excluding tert-OH is 1. The number of aliphatic hydroxyl groups is 1. The smallest absolute Gasteiger partial charge is 0.410 e. The number of hydrogen-bond acceptors (Lipinski definition) is 3. The number of hydrogen-bond donors (Lipinski definition) is 1. The van der Waals surface area contributed by atoms with Crippen molar-refractivity contribution in [3.63, 3.8) is 0 Å². The topological polar surface area (TPSA) is 49.8 Å². The summed E-state index contributed by atoms with van der Waals surface area (Å²) in [6.45, 7) is 6.73. The van der Waals surface area contributed by atoms with Crippen molar-refractivity contribution in [2.75, 3.05) is 13.2 Å². The number of carbonyl (C=O) groups excluding carboxylic acids is 1. The second kappa shape index (κ2) is 4.48. The summed E-state index contributed by atoms with van der Waals surface area (Å²) in [4.78, 5) is 13.9. The lowest BCUT2D eigenvalue weighted by Crippen LogP contribution is -2.40. The number of ether oxygens (including phenoxy) is 1. The molecule has 0 aromatic carbocycles. The Bertz CT molecular complexity index is 298. The molecule has 2 aliphatic rings. The maximum atomic E-state index is 12.0. The van der Waals surface area contributed by atoms with Crippen LogP contribution in [0.15, 0.2) is 0 Å². The van der Waals surface area contributed by atoms with E-state index >= 15 is 0 Å². The third-order valence-electron chi connectivity index (χ3n) is 3.78. The molecule has 1 amide bonds. The number of nitrogens with zero attached hydrogens (tertiary/aromatic N) is 1. The fraction of sp³-hybridized carbons (Fsp3) is 0.923. The first-order chi connectivity index (χ1) is 7.90. The molecule has 1 heterocycles. The average molecular weight is 241 g/mol. The number of rotatable bonds is 1. The van der Waals surface area contributed by atoms with E-state index in [2.05, 4.69) is 0 Å². The van der Waals surface area contributed by atoms with Crippen LogP contribution in [0.25, 0.3) is 0 Å². The summed E-state index contributed by atoms with van der Waals surface area (Å²) in [5.74, 6) is 0.940. The molecule has 1 aliphatic heterocycles. The molecule has 17 heavy (non-hydrogen) atoms. The highest BCUT2D eigenvalue weighted by atomic mass is 16.6. The zero-order chi connectivity index (χ0) is 12.6. The van der Waals surface area contributed by atoms with Crippen molar-refractivity contribution < 1.29 is 14.6 Å². The first-order valence-corrected chi connectivity index (χ1v) is 6.51. The van der Waals surface area contributed by atoms with Crippen molar-refractivity contribution >= 4 is 6.09 Å². The SMILES string of the molecule is CC(C)(C)OC(=O)N1CCC2CC(CO)CC21. The summed E-state index contributed by atoms with van der Waals surface area (Å²) in [5.41, 5.74) is -0.426. The van der Waals surface area contributed by atoms with E-state index in [4.69, 9.17) is 4.74 Å². The fourth-order valence-corrected chi connectivity index (χ4v) is 3.07. The number of likely N-dealkylation sites (tertiary alicyclic amines) is 1. The molecule has 1 aliphatic carbocycles. The highest BCUT2D eigenvalue weighted by molar-refractivity contribution is 5.69. The van der Waals surface area contributed by atoms with Crippen LogP contribution < -0.4 is 0 Å².